The Morgan fingerprint density at radius 3 is 1.90 bits per heavy atom. The molecule has 230 valence electrons. The van der Waals surface area contributed by atoms with Gasteiger partial charge in [0.25, 0.3) is 0 Å². The lowest BCUT2D eigenvalue weighted by Crippen LogP contribution is -2.03. The molecule has 3 heterocycles. The molecular formula is C44H27N3O2. The third-order valence-electron chi connectivity index (χ3n) is 9.25. The highest BCUT2D eigenvalue weighted by Crippen LogP contribution is 2.52. The quantitative estimate of drug-likeness (QED) is 0.194. The van der Waals surface area contributed by atoms with Gasteiger partial charge in [0, 0.05) is 38.5 Å². The number of ether oxygens (including phenoxy) is 2. The molecule has 1 aliphatic rings. The van der Waals surface area contributed by atoms with E-state index in [1.165, 1.54) is 0 Å². The summed E-state index contributed by atoms with van der Waals surface area (Å²) in [5.74, 6) is 3.51. The van der Waals surface area contributed by atoms with Gasteiger partial charge < -0.3 is 14.0 Å². The van der Waals surface area contributed by atoms with Crippen LogP contribution < -0.4 is 9.47 Å². The van der Waals surface area contributed by atoms with Crippen LogP contribution in [0.1, 0.15) is 0 Å². The van der Waals surface area contributed by atoms with Crippen molar-refractivity contribution in [1.82, 2.24) is 14.5 Å². The van der Waals surface area contributed by atoms with Gasteiger partial charge >= 0.3 is 0 Å². The Morgan fingerprint density at radius 1 is 0.429 bits per heavy atom. The lowest BCUT2D eigenvalue weighted by molar-refractivity contribution is 0.366. The van der Waals surface area contributed by atoms with Crippen molar-refractivity contribution in [2.45, 2.75) is 0 Å². The fourth-order valence-electron chi connectivity index (χ4n) is 6.96. The average Bonchev–Trinajstić information content (AvgIpc) is 3.53. The van der Waals surface area contributed by atoms with Crippen LogP contribution in [-0.2, 0) is 0 Å². The number of benzene rings is 7. The summed E-state index contributed by atoms with van der Waals surface area (Å²) in [6.07, 6.45) is 0. The number of hydrogen-bond acceptors (Lipinski definition) is 4. The standard InChI is InChI=1S/C44H27N3O2/c1-3-13-29(14-4-1)36-27-37(46-44(45-36)30-15-5-2-6-16-30)31-17-11-18-32(26-31)47-38-21-10-9-20-34(38)35-23-25-40-43(41(35)47)49-39-24-22-28-12-7-8-19-33(28)42(39)48-40/h1-27H. The number of para-hydroxylation sites is 1. The fourth-order valence-corrected chi connectivity index (χ4v) is 6.96. The minimum atomic E-state index is 0.685. The molecule has 10 rings (SSSR count). The molecule has 1 aliphatic heterocycles. The van der Waals surface area contributed by atoms with E-state index in [9.17, 15) is 0 Å². The second-order valence-corrected chi connectivity index (χ2v) is 12.2. The molecule has 0 fully saturated rings. The smallest absolute Gasteiger partial charge is 0.194 e. The first kappa shape index (κ1) is 27.4. The normalized spacial score (nSPS) is 12.0. The maximum atomic E-state index is 6.77. The van der Waals surface area contributed by atoms with Crippen LogP contribution in [0.5, 0.6) is 23.0 Å². The first-order valence-corrected chi connectivity index (χ1v) is 16.3. The summed E-state index contributed by atoms with van der Waals surface area (Å²) in [5, 5.41) is 4.36. The van der Waals surface area contributed by atoms with E-state index in [1.54, 1.807) is 0 Å². The largest absolute Gasteiger partial charge is 0.449 e. The molecule has 0 radical (unpaired) electrons. The molecule has 0 spiro atoms. The van der Waals surface area contributed by atoms with Gasteiger partial charge in [0.05, 0.1) is 16.9 Å². The topological polar surface area (TPSA) is 49.2 Å². The van der Waals surface area contributed by atoms with Gasteiger partial charge in [-0.3, -0.25) is 0 Å². The predicted molar refractivity (Wildman–Crippen MR) is 197 cm³/mol. The zero-order valence-corrected chi connectivity index (χ0v) is 26.2. The Kier molecular flexibility index (Phi) is 6.11. The van der Waals surface area contributed by atoms with Crippen LogP contribution in [0.25, 0.3) is 72.2 Å². The van der Waals surface area contributed by atoms with E-state index >= 15 is 0 Å². The van der Waals surface area contributed by atoms with E-state index in [4.69, 9.17) is 19.4 Å². The molecule has 0 unspecified atom stereocenters. The van der Waals surface area contributed by atoms with Crippen molar-refractivity contribution >= 4 is 32.6 Å². The van der Waals surface area contributed by atoms with E-state index in [0.717, 1.165) is 72.1 Å². The number of rotatable bonds is 4. The monoisotopic (exact) mass is 629 g/mol. The number of aromatic nitrogens is 3. The molecule has 0 saturated carbocycles. The van der Waals surface area contributed by atoms with Crippen molar-refractivity contribution in [1.29, 1.82) is 0 Å². The van der Waals surface area contributed by atoms with E-state index in [0.29, 0.717) is 23.1 Å². The highest BCUT2D eigenvalue weighted by atomic mass is 16.6. The maximum Gasteiger partial charge on any atom is 0.194 e. The SMILES string of the molecule is c1ccc(-c2cc(-c3cccc(-n4c5ccccc5c5ccc6c(c54)Oc4ccc5ccccc5c4O6)c3)nc(-c3ccccc3)n2)cc1. The predicted octanol–water partition coefficient (Wildman–Crippen LogP) is 11.6. The second kappa shape index (κ2) is 10.9. The molecule has 0 aliphatic carbocycles. The van der Waals surface area contributed by atoms with Crippen LogP contribution >= 0.6 is 0 Å². The van der Waals surface area contributed by atoms with E-state index < -0.39 is 0 Å². The molecular weight excluding hydrogens is 603 g/mol. The molecule has 49 heavy (non-hydrogen) atoms. The van der Waals surface area contributed by atoms with Gasteiger partial charge in [-0.25, -0.2) is 9.97 Å². The fraction of sp³-hybridized carbons (Fsp3) is 0. The first-order valence-electron chi connectivity index (χ1n) is 16.3. The lowest BCUT2D eigenvalue weighted by Gasteiger charge is -2.23. The van der Waals surface area contributed by atoms with Gasteiger partial charge in [-0.1, -0.05) is 121 Å². The maximum absolute atomic E-state index is 6.77. The van der Waals surface area contributed by atoms with Crippen molar-refractivity contribution in [3.63, 3.8) is 0 Å². The van der Waals surface area contributed by atoms with Crippen molar-refractivity contribution < 1.29 is 9.47 Å². The Hall–Kier alpha value is -6.72. The summed E-state index contributed by atoms with van der Waals surface area (Å²) < 4.78 is 15.7. The van der Waals surface area contributed by atoms with E-state index in [1.807, 2.05) is 60.7 Å². The van der Waals surface area contributed by atoms with Crippen LogP contribution in [0.15, 0.2) is 164 Å². The zero-order chi connectivity index (χ0) is 32.3. The molecule has 0 atom stereocenters. The van der Waals surface area contributed by atoms with Crippen LogP contribution in [-0.4, -0.2) is 14.5 Å². The Labute approximate surface area is 282 Å². The van der Waals surface area contributed by atoms with Gasteiger partial charge in [0.2, 0.25) is 0 Å². The average molecular weight is 630 g/mol. The molecule has 0 saturated heterocycles. The molecule has 0 bridgehead atoms. The highest BCUT2D eigenvalue weighted by Gasteiger charge is 2.27. The Morgan fingerprint density at radius 2 is 1.06 bits per heavy atom. The van der Waals surface area contributed by atoms with Crippen LogP contribution in [0.4, 0.5) is 0 Å². The minimum absolute atomic E-state index is 0.685. The molecule has 0 N–H and O–H groups in total. The number of hydrogen-bond donors (Lipinski definition) is 0. The van der Waals surface area contributed by atoms with Gasteiger partial charge in [-0.05, 0) is 47.9 Å². The Balaban J connectivity index is 1.17. The third kappa shape index (κ3) is 4.48. The number of fused-ring (bicyclic) bond motifs is 8. The summed E-state index contributed by atoms with van der Waals surface area (Å²) in [4.78, 5) is 10.1. The summed E-state index contributed by atoms with van der Waals surface area (Å²) in [6.45, 7) is 0. The van der Waals surface area contributed by atoms with Gasteiger partial charge in [0.15, 0.2) is 28.8 Å². The van der Waals surface area contributed by atoms with Crippen molar-refractivity contribution in [3.8, 4) is 62.6 Å². The summed E-state index contributed by atoms with van der Waals surface area (Å²) >= 11 is 0. The van der Waals surface area contributed by atoms with E-state index in [2.05, 4.69) is 108 Å². The zero-order valence-electron chi connectivity index (χ0n) is 26.2. The van der Waals surface area contributed by atoms with Gasteiger partial charge in [0.1, 0.15) is 5.52 Å². The van der Waals surface area contributed by atoms with Crippen molar-refractivity contribution in [2.24, 2.45) is 0 Å². The van der Waals surface area contributed by atoms with Crippen LogP contribution in [0, 0.1) is 0 Å². The summed E-state index contributed by atoms with van der Waals surface area (Å²) in [7, 11) is 0. The molecule has 9 aromatic rings. The van der Waals surface area contributed by atoms with Crippen molar-refractivity contribution in [3.05, 3.63) is 164 Å². The highest BCUT2D eigenvalue weighted by molar-refractivity contribution is 6.12. The third-order valence-corrected chi connectivity index (χ3v) is 9.25. The molecule has 7 aromatic carbocycles. The Bertz CT molecular complexity index is 2660. The first-order chi connectivity index (χ1) is 24.3. The molecule has 0 amide bonds. The second-order valence-electron chi connectivity index (χ2n) is 12.2. The number of nitrogens with zero attached hydrogens (tertiary/aromatic N) is 3. The van der Waals surface area contributed by atoms with Gasteiger partial charge in [-0.2, -0.15) is 0 Å². The molecule has 5 nitrogen and oxygen atoms in total. The summed E-state index contributed by atoms with van der Waals surface area (Å²) in [6, 6.07) is 56.0. The molecule has 5 heteroatoms. The van der Waals surface area contributed by atoms with E-state index in [-0.39, 0.29) is 0 Å². The van der Waals surface area contributed by atoms with Crippen LogP contribution in [0.3, 0.4) is 0 Å². The lowest BCUT2D eigenvalue weighted by atomic mass is 10.1. The minimum Gasteiger partial charge on any atom is -0.449 e. The summed E-state index contributed by atoms with van der Waals surface area (Å²) in [5.41, 5.74) is 7.73. The molecule has 2 aromatic heterocycles. The van der Waals surface area contributed by atoms with Gasteiger partial charge in [-0.15, -0.1) is 0 Å². The van der Waals surface area contributed by atoms with Crippen LogP contribution in [0.2, 0.25) is 0 Å². The van der Waals surface area contributed by atoms with Crippen molar-refractivity contribution in [2.75, 3.05) is 0 Å².